The van der Waals surface area contributed by atoms with Gasteiger partial charge in [0.2, 0.25) is 0 Å². The summed E-state index contributed by atoms with van der Waals surface area (Å²) in [6.45, 7) is 1.51. The number of rotatable bonds is 7. The molecule has 0 saturated carbocycles. The molecule has 0 aromatic heterocycles. The Labute approximate surface area is 149 Å². The molecule has 1 atom stereocenters. The van der Waals surface area contributed by atoms with Crippen molar-refractivity contribution in [1.29, 1.82) is 0 Å². The first-order chi connectivity index (χ1) is 12.4. The predicted octanol–water partition coefficient (Wildman–Crippen LogP) is 3.36. The van der Waals surface area contributed by atoms with Crippen molar-refractivity contribution in [3.8, 4) is 0 Å². The highest BCUT2D eigenvalue weighted by atomic mass is 19.1. The van der Waals surface area contributed by atoms with Gasteiger partial charge >= 0.3 is 6.09 Å². The summed E-state index contributed by atoms with van der Waals surface area (Å²) in [6.07, 6.45) is -0.838. The van der Waals surface area contributed by atoms with Crippen LogP contribution in [0.1, 0.15) is 23.7 Å². The van der Waals surface area contributed by atoms with E-state index in [1.165, 1.54) is 19.1 Å². The molecule has 0 spiro atoms. The summed E-state index contributed by atoms with van der Waals surface area (Å²) in [6, 6.07) is 11.6. The third-order valence-corrected chi connectivity index (χ3v) is 3.60. The van der Waals surface area contributed by atoms with Gasteiger partial charge in [0.05, 0.1) is 11.7 Å². The van der Waals surface area contributed by atoms with E-state index in [4.69, 9.17) is 0 Å². The second-order valence-corrected chi connectivity index (χ2v) is 5.50. The second kappa shape index (κ2) is 8.61. The van der Waals surface area contributed by atoms with Gasteiger partial charge in [-0.3, -0.25) is 10.2 Å². The van der Waals surface area contributed by atoms with E-state index in [0.717, 1.165) is 11.1 Å². The van der Waals surface area contributed by atoms with Gasteiger partial charge in [-0.1, -0.05) is 24.3 Å². The number of carbonyl (C=O) groups excluding carboxylic acids is 2. The maximum atomic E-state index is 14.3. The fourth-order valence-electron chi connectivity index (χ4n) is 2.28. The Bertz CT molecular complexity index is 798. The molecule has 3 N–H and O–H groups in total. The minimum atomic E-state index is -1.36. The molecule has 0 radical (unpaired) electrons. The van der Waals surface area contributed by atoms with Gasteiger partial charge in [0.25, 0.3) is 5.91 Å². The van der Waals surface area contributed by atoms with E-state index in [9.17, 15) is 23.9 Å². The SMILES string of the molecule is CC(CC=O)N(Nc1cccc(F)c1C(=O)Nc1ccccc1)C(=O)O. The van der Waals surface area contributed by atoms with Crippen LogP contribution in [0.25, 0.3) is 0 Å². The molecule has 26 heavy (non-hydrogen) atoms. The van der Waals surface area contributed by atoms with E-state index >= 15 is 0 Å². The molecule has 0 aliphatic rings. The number of carboxylic acid groups (broad SMARTS) is 1. The van der Waals surface area contributed by atoms with Gasteiger partial charge in [-0.25, -0.2) is 14.2 Å². The molecule has 0 heterocycles. The van der Waals surface area contributed by atoms with Gasteiger partial charge in [-0.05, 0) is 31.2 Å². The number of nitrogens with zero attached hydrogens (tertiary/aromatic N) is 1. The number of nitrogens with one attached hydrogen (secondary N) is 2. The minimum Gasteiger partial charge on any atom is -0.464 e. The third kappa shape index (κ3) is 4.56. The average Bonchev–Trinajstić information content (AvgIpc) is 2.60. The van der Waals surface area contributed by atoms with Crippen LogP contribution in [-0.2, 0) is 4.79 Å². The zero-order chi connectivity index (χ0) is 19.1. The van der Waals surface area contributed by atoms with Crippen LogP contribution in [0.3, 0.4) is 0 Å². The minimum absolute atomic E-state index is 0.0291. The van der Waals surface area contributed by atoms with E-state index in [-0.39, 0.29) is 17.7 Å². The monoisotopic (exact) mass is 359 g/mol. The molecule has 136 valence electrons. The summed E-state index contributed by atoms with van der Waals surface area (Å²) in [5.41, 5.74) is 2.62. The molecule has 0 saturated heterocycles. The Balaban J connectivity index is 2.32. The molecule has 8 heteroatoms. The van der Waals surface area contributed by atoms with Crippen LogP contribution in [0.2, 0.25) is 0 Å². The number of aldehydes is 1. The topological polar surface area (TPSA) is 98.7 Å². The van der Waals surface area contributed by atoms with Crippen molar-refractivity contribution < 1.29 is 23.9 Å². The lowest BCUT2D eigenvalue weighted by Gasteiger charge is -2.27. The highest BCUT2D eigenvalue weighted by Gasteiger charge is 2.23. The first kappa shape index (κ1) is 18.9. The number of benzene rings is 2. The van der Waals surface area contributed by atoms with Gasteiger partial charge in [-0.15, -0.1) is 0 Å². The number of hydrogen-bond acceptors (Lipinski definition) is 4. The fourth-order valence-corrected chi connectivity index (χ4v) is 2.28. The Hall–Kier alpha value is -3.42. The number of carbonyl (C=O) groups is 3. The van der Waals surface area contributed by atoms with E-state index in [2.05, 4.69) is 10.7 Å². The predicted molar refractivity (Wildman–Crippen MR) is 94.4 cm³/mol. The summed E-state index contributed by atoms with van der Waals surface area (Å²) in [4.78, 5) is 34.6. The molecule has 0 bridgehead atoms. The smallest absolute Gasteiger partial charge is 0.426 e. The standard InChI is InChI=1S/C18H18FN3O4/c1-12(10-11-23)22(18(25)26)21-15-9-5-8-14(19)16(15)17(24)20-13-6-3-2-4-7-13/h2-9,11-12,21H,10H2,1H3,(H,20,24)(H,25,26). The van der Waals surface area contributed by atoms with Crippen molar-refractivity contribution in [2.75, 3.05) is 10.7 Å². The first-order valence-corrected chi connectivity index (χ1v) is 7.81. The number of anilines is 2. The highest BCUT2D eigenvalue weighted by molar-refractivity contribution is 6.08. The van der Waals surface area contributed by atoms with Crippen molar-refractivity contribution in [1.82, 2.24) is 5.01 Å². The van der Waals surface area contributed by atoms with Gasteiger partial charge in [-0.2, -0.15) is 0 Å². The zero-order valence-electron chi connectivity index (χ0n) is 14.0. The largest absolute Gasteiger partial charge is 0.464 e. The molecule has 0 aliphatic heterocycles. The zero-order valence-corrected chi connectivity index (χ0v) is 14.0. The van der Waals surface area contributed by atoms with Crippen LogP contribution in [0, 0.1) is 5.82 Å². The molecule has 2 amide bonds. The van der Waals surface area contributed by atoms with Gasteiger partial charge in [0.15, 0.2) is 0 Å². The number of halogens is 1. The summed E-state index contributed by atoms with van der Waals surface area (Å²) < 4.78 is 14.3. The van der Waals surface area contributed by atoms with Crippen molar-refractivity contribution >= 4 is 29.7 Å². The van der Waals surface area contributed by atoms with Crippen LogP contribution in [0.15, 0.2) is 48.5 Å². The number of amides is 2. The maximum Gasteiger partial charge on any atom is 0.426 e. The van der Waals surface area contributed by atoms with E-state index in [1.807, 2.05) is 0 Å². The van der Waals surface area contributed by atoms with E-state index in [0.29, 0.717) is 12.0 Å². The molecular weight excluding hydrogens is 341 g/mol. The normalized spacial score (nSPS) is 11.3. The molecule has 0 aliphatic carbocycles. The van der Waals surface area contributed by atoms with Gasteiger partial charge < -0.3 is 15.2 Å². The third-order valence-electron chi connectivity index (χ3n) is 3.60. The lowest BCUT2D eigenvalue weighted by molar-refractivity contribution is -0.108. The summed E-state index contributed by atoms with van der Waals surface area (Å²) >= 11 is 0. The van der Waals surface area contributed by atoms with Crippen LogP contribution >= 0.6 is 0 Å². The molecule has 0 fully saturated rings. The number of hydrogen-bond donors (Lipinski definition) is 3. The van der Waals surface area contributed by atoms with Crippen LogP contribution in [0.4, 0.5) is 20.6 Å². The highest BCUT2D eigenvalue weighted by Crippen LogP contribution is 2.22. The van der Waals surface area contributed by atoms with Crippen LogP contribution < -0.4 is 10.7 Å². The molecule has 7 nitrogen and oxygen atoms in total. The summed E-state index contributed by atoms with van der Waals surface area (Å²) in [7, 11) is 0. The molecule has 2 aromatic rings. The fraction of sp³-hybridized carbons (Fsp3) is 0.167. The second-order valence-electron chi connectivity index (χ2n) is 5.50. The lowest BCUT2D eigenvalue weighted by Crippen LogP contribution is -2.42. The molecule has 2 rings (SSSR count). The average molecular weight is 359 g/mol. The van der Waals surface area contributed by atoms with Crippen molar-refractivity contribution in [3.05, 3.63) is 59.9 Å². The first-order valence-electron chi connectivity index (χ1n) is 7.81. The van der Waals surface area contributed by atoms with Crippen molar-refractivity contribution in [2.45, 2.75) is 19.4 Å². The molecule has 1 unspecified atom stereocenters. The van der Waals surface area contributed by atoms with Crippen LogP contribution in [-0.4, -0.2) is 34.4 Å². The van der Waals surface area contributed by atoms with Crippen LogP contribution in [0.5, 0.6) is 0 Å². The molecular formula is C18H18FN3O4. The Morgan fingerprint density at radius 3 is 2.50 bits per heavy atom. The lowest BCUT2D eigenvalue weighted by atomic mass is 10.1. The Kier molecular flexibility index (Phi) is 6.26. The summed E-state index contributed by atoms with van der Waals surface area (Å²) in [5.74, 6) is -1.54. The van der Waals surface area contributed by atoms with Crippen molar-refractivity contribution in [3.63, 3.8) is 0 Å². The van der Waals surface area contributed by atoms with E-state index in [1.54, 1.807) is 30.3 Å². The summed E-state index contributed by atoms with van der Waals surface area (Å²) in [5, 5.41) is 12.6. The van der Waals surface area contributed by atoms with Gasteiger partial charge in [0, 0.05) is 12.1 Å². The van der Waals surface area contributed by atoms with Crippen molar-refractivity contribution in [2.24, 2.45) is 0 Å². The Morgan fingerprint density at radius 1 is 1.19 bits per heavy atom. The van der Waals surface area contributed by atoms with Gasteiger partial charge in [0.1, 0.15) is 17.7 Å². The Morgan fingerprint density at radius 2 is 1.88 bits per heavy atom. The quantitative estimate of drug-likeness (QED) is 0.520. The maximum absolute atomic E-state index is 14.3. The number of para-hydroxylation sites is 1. The molecule has 2 aromatic carbocycles. The number of hydrazine groups is 1. The van der Waals surface area contributed by atoms with E-state index < -0.39 is 23.9 Å².